The average molecular weight is 573 g/mol. The summed E-state index contributed by atoms with van der Waals surface area (Å²) in [7, 11) is 3.27. The van der Waals surface area contributed by atoms with Gasteiger partial charge in [-0.05, 0) is 57.9 Å². The van der Waals surface area contributed by atoms with Crippen molar-refractivity contribution >= 4 is 33.9 Å². The number of carbonyl (C=O) groups excluding carboxylic acids is 1. The Morgan fingerprint density at radius 3 is 2.64 bits per heavy atom. The minimum absolute atomic E-state index is 0.419. The number of nitrogens with zero attached hydrogens (tertiary/aromatic N) is 2. The Bertz CT molecular complexity index is 1590. The number of amides is 1. The summed E-state index contributed by atoms with van der Waals surface area (Å²) in [5, 5.41) is 7.06. The highest BCUT2D eigenvalue weighted by Crippen LogP contribution is 2.33. The molecule has 0 bridgehead atoms. The number of oxazole rings is 1. The van der Waals surface area contributed by atoms with E-state index in [1.54, 1.807) is 14.2 Å². The van der Waals surface area contributed by atoms with Crippen molar-refractivity contribution in [3.8, 4) is 23.3 Å². The van der Waals surface area contributed by atoms with E-state index in [1.165, 1.54) is 0 Å². The van der Waals surface area contributed by atoms with Crippen LogP contribution in [0.15, 0.2) is 40.8 Å². The number of unbranched alkanes of at least 4 members (excludes halogenated alkanes) is 2. The monoisotopic (exact) mass is 572 g/mol. The Labute approximate surface area is 247 Å². The first-order valence-corrected chi connectivity index (χ1v) is 14.3. The number of carbonyl (C=O) groups is 1. The number of nitrogens with one attached hydrogen (secondary N) is 2. The Hall–Kier alpha value is -4.45. The third-order valence-corrected chi connectivity index (χ3v) is 6.45. The molecule has 9 nitrogen and oxygen atoms in total. The summed E-state index contributed by atoms with van der Waals surface area (Å²) in [6, 6.07) is 11.6. The predicted molar refractivity (Wildman–Crippen MR) is 165 cm³/mol. The van der Waals surface area contributed by atoms with Crippen molar-refractivity contribution in [3.05, 3.63) is 53.4 Å². The lowest BCUT2D eigenvalue weighted by atomic mass is 10.1. The largest absolute Gasteiger partial charge is 0.497 e. The van der Waals surface area contributed by atoms with Crippen molar-refractivity contribution in [2.24, 2.45) is 0 Å². The van der Waals surface area contributed by atoms with Crippen molar-refractivity contribution in [2.45, 2.75) is 71.9 Å². The molecule has 4 aromatic rings. The molecule has 0 aliphatic carbocycles. The third-order valence-electron chi connectivity index (χ3n) is 6.45. The van der Waals surface area contributed by atoms with E-state index in [2.05, 4.69) is 29.4 Å². The second-order valence-corrected chi connectivity index (χ2v) is 10.9. The van der Waals surface area contributed by atoms with Gasteiger partial charge in [0.2, 0.25) is 0 Å². The Balaban J connectivity index is 1.59. The zero-order valence-corrected chi connectivity index (χ0v) is 25.3. The number of rotatable bonds is 11. The normalized spacial score (nSPS) is 11.2. The topological polar surface area (TPSA) is 108 Å². The number of anilines is 1. The van der Waals surface area contributed by atoms with Crippen LogP contribution in [0.1, 0.15) is 70.4 Å². The highest BCUT2D eigenvalue weighted by molar-refractivity contribution is 6.08. The van der Waals surface area contributed by atoms with Crippen molar-refractivity contribution in [2.75, 3.05) is 26.1 Å². The van der Waals surface area contributed by atoms with E-state index < -0.39 is 11.7 Å². The Kier molecular flexibility index (Phi) is 10.1. The molecule has 4 rings (SSSR count). The van der Waals surface area contributed by atoms with Crippen LogP contribution in [0.4, 0.5) is 10.6 Å². The highest BCUT2D eigenvalue weighted by atomic mass is 16.6. The van der Waals surface area contributed by atoms with Gasteiger partial charge in [-0.15, -0.1) is 0 Å². The number of hydrogen-bond donors (Lipinski definition) is 2. The van der Waals surface area contributed by atoms with Gasteiger partial charge in [0, 0.05) is 43.1 Å². The van der Waals surface area contributed by atoms with Gasteiger partial charge in [-0.25, -0.2) is 14.8 Å². The van der Waals surface area contributed by atoms with E-state index in [9.17, 15) is 4.79 Å². The Morgan fingerprint density at radius 1 is 1.07 bits per heavy atom. The Morgan fingerprint density at radius 2 is 1.90 bits per heavy atom. The molecule has 9 heteroatoms. The van der Waals surface area contributed by atoms with Gasteiger partial charge < -0.3 is 29.3 Å². The molecule has 2 N–H and O–H groups in total. The molecule has 0 aliphatic heterocycles. The molecule has 0 spiro atoms. The molecule has 42 heavy (non-hydrogen) atoms. The molecule has 0 radical (unpaired) electrons. The first kappa shape index (κ1) is 30.5. The molecule has 222 valence electrons. The summed E-state index contributed by atoms with van der Waals surface area (Å²) in [6.07, 6.45) is 3.67. The molecule has 0 fully saturated rings. The van der Waals surface area contributed by atoms with E-state index in [4.69, 9.17) is 28.6 Å². The van der Waals surface area contributed by atoms with E-state index in [1.807, 2.05) is 57.2 Å². The number of alkyl carbamates (subject to hydrolysis) is 1. The maximum atomic E-state index is 11.9. The lowest BCUT2D eigenvalue weighted by molar-refractivity contribution is 0.0527. The summed E-state index contributed by atoms with van der Waals surface area (Å²) in [5.74, 6) is 9.30. The summed E-state index contributed by atoms with van der Waals surface area (Å²) in [5.41, 5.74) is 3.38. The molecule has 2 heterocycles. The fraction of sp³-hybridized carbons (Fsp3) is 0.424. The number of ether oxygens (including phenoxy) is 3. The summed E-state index contributed by atoms with van der Waals surface area (Å²) >= 11 is 0. The van der Waals surface area contributed by atoms with Crippen LogP contribution in [0.3, 0.4) is 0 Å². The predicted octanol–water partition coefficient (Wildman–Crippen LogP) is 7.00. The van der Waals surface area contributed by atoms with Gasteiger partial charge in [0.05, 0.1) is 25.1 Å². The van der Waals surface area contributed by atoms with E-state index >= 15 is 0 Å². The number of aryl methyl sites for hydroxylation is 1. The fourth-order valence-corrected chi connectivity index (χ4v) is 4.42. The van der Waals surface area contributed by atoms with Crippen LogP contribution < -0.4 is 20.1 Å². The van der Waals surface area contributed by atoms with Gasteiger partial charge in [-0.2, -0.15) is 0 Å². The van der Waals surface area contributed by atoms with Crippen LogP contribution in [0.2, 0.25) is 0 Å². The third kappa shape index (κ3) is 7.84. The molecular formula is C33H40N4O5. The summed E-state index contributed by atoms with van der Waals surface area (Å²) in [6.45, 7) is 8.63. The molecule has 2 aromatic carbocycles. The SMILES string of the molecule is CCCCc1nc2c(NCc3ccc(OC)cc3OC)nc3cccc(C#CCCCNC(=O)OC(C)(C)C)c3c2o1. The average Bonchev–Trinajstić information content (AvgIpc) is 3.39. The minimum Gasteiger partial charge on any atom is -0.497 e. The molecule has 0 saturated carbocycles. The van der Waals surface area contributed by atoms with Crippen molar-refractivity contribution in [3.63, 3.8) is 0 Å². The van der Waals surface area contributed by atoms with E-state index in [0.29, 0.717) is 48.7 Å². The van der Waals surface area contributed by atoms with E-state index in [-0.39, 0.29) is 0 Å². The molecule has 1 amide bonds. The van der Waals surface area contributed by atoms with Gasteiger partial charge in [-0.1, -0.05) is 31.3 Å². The number of methoxy groups -OCH3 is 2. The van der Waals surface area contributed by atoms with Crippen molar-refractivity contribution in [1.29, 1.82) is 0 Å². The van der Waals surface area contributed by atoms with Gasteiger partial charge in [0.15, 0.2) is 22.8 Å². The van der Waals surface area contributed by atoms with Crippen molar-refractivity contribution < 1.29 is 23.4 Å². The molecular weight excluding hydrogens is 532 g/mol. The lowest BCUT2D eigenvalue weighted by Crippen LogP contribution is -2.32. The fourth-order valence-electron chi connectivity index (χ4n) is 4.42. The van der Waals surface area contributed by atoms with Gasteiger partial charge in [0.1, 0.15) is 17.1 Å². The zero-order chi connectivity index (χ0) is 30.1. The van der Waals surface area contributed by atoms with Crippen LogP contribution in [0.5, 0.6) is 11.5 Å². The molecule has 0 aliphatic rings. The first-order chi connectivity index (χ1) is 20.2. The summed E-state index contributed by atoms with van der Waals surface area (Å²) in [4.78, 5) is 21.6. The molecule has 0 unspecified atom stereocenters. The van der Waals surface area contributed by atoms with Crippen LogP contribution in [-0.4, -0.2) is 42.4 Å². The molecule has 0 saturated heterocycles. The second kappa shape index (κ2) is 13.9. The summed E-state index contributed by atoms with van der Waals surface area (Å²) < 4.78 is 22.5. The molecule has 2 aromatic heterocycles. The van der Waals surface area contributed by atoms with Gasteiger partial charge >= 0.3 is 6.09 Å². The first-order valence-electron chi connectivity index (χ1n) is 14.3. The lowest BCUT2D eigenvalue weighted by Gasteiger charge is -2.19. The number of aromatic nitrogens is 2. The smallest absolute Gasteiger partial charge is 0.407 e. The number of hydrogen-bond acceptors (Lipinski definition) is 8. The number of benzene rings is 2. The van der Waals surface area contributed by atoms with Crippen LogP contribution in [-0.2, 0) is 17.7 Å². The zero-order valence-electron chi connectivity index (χ0n) is 25.3. The van der Waals surface area contributed by atoms with Crippen LogP contribution in [0, 0.1) is 11.8 Å². The standard InChI is InChI=1S/C33H40N4O5/c1-7-8-16-27-37-29-30(41-27)28-22(13-10-9-11-19-34-32(38)42-33(2,3)4)14-12-15-25(28)36-31(29)35-21-23-17-18-24(39-5)20-26(23)40-6/h12,14-15,17-18,20H,7-9,11,16,19,21H2,1-6H3,(H,34,38)(H,35,36). The van der Waals surface area contributed by atoms with Crippen LogP contribution in [0.25, 0.3) is 22.0 Å². The van der Waals surface area contributed by atoms with E-state index in [0.717, 1.165) is 52.8 Å². The quantitative estimate of drug-likeness (QED) is 0.146. The number of pyridine rings is 1. The van der Waals surface area contributed by atoms with Crippen LogP contribution >= 0.6 is 0 Å². The van der Waals surface area contributed by atoms with Crippen molar-refractivity contribution in [1.82, 2.24) is 15.3 Å². The minimum atomic E-state index is -0.521. The van der Waals surface area contributed by atoms with Gasteiger partial charge in [-0.3, -0.25) is 0 Å². The second-order valence-electron chi connectivity index (χ2n) is 10.9. The maximum Gasteiger partial charge on any atom is 0.407 e. The highest BCUT2D eigenvalue weighted by Gasteiger charge is 2.18. The molecule has 0 atom stereocenters. The van der Waals surface area contributed by atoms with Gasteiger partial charge in [0.25, 0.3) is 0 Å². The maximum absolute atomic E-state index is 11.9. The number of fused-ring (bicyclic) bond motifs is 3.